The largest absolute Gasteiger partial charge is 0.472 e. The summed E-state index contributed by atoms with van der Waals surface area (Å²) in [7, 11) is 1.72. The van der Waals surface area contributed by atoms with Crippen LogP contribution in [-0.2, 0) is 0 Å². The number of carbonyl (C=O) groups excluding carboxylic acids is 2. The molecule has 3 atom stereocenters. The van der Waals surface area contributed by atoms with Crippen molar-refractivity contribution in [1.82, 2.24) is 14.8 Å². The Labute approximate surface area is 213 Å². The zero-order valence-corrected chi connectivity index (χ0v) is 21.3. The number of likely N-dealkylation sites (N-methyl/N-ethyl adjacent to an activating group) is 1. The Bertz CT molecular complexity index is 1100. The van der Waals surface area contributed by atoms with E-state index < -0.39 is 6.10 Å². The van der Waals surface area contributed by atoms with E-state index in [1.807, 2.05) is 50.2 Å². The predicted octanol–water partition coefficient (Wildman–Crippen LogP) is 4.42. The van der Waals surface area contributed by atoms with Gasteiger partial charge in [-0.1, -0.05) is 31.2 Å². The molecule has 0 saturated heterocycles. The van der Waals surface area contributed by atoms with E-state index in [0.29, 0.717) is 24.3 Å². The minimum atomic E-state index is -0.399. The normalized spacial score (nSPS) is 20.8. The van der Waals surface area contributed by atoms with Gasteiger partial charge in [-0.05, 0) is 61.9 Å². The summed E-state index contributed by atoms with van der Waals surface area (Å²) in [6.07, 6.45) is 7.89. The molecule has 2 N–H and O–H groups in total. The number of allylic oxidation sites excluding steroid dienone is 2. The second-order valence-corrected chi connectivity index (χ2v) is 9.85. The Morgan fingerprint density at radius 2 is 2.08 bits per heavy atom. The molecule has 0 radical (unpaired) electrons. The van der Waals surface area contributed by atoms with Crippen molar-refractivity contribution in [2.45, 2.75) is 51.7 Å². The summed E-state index contributed by atoms with van der Waals surface area (Å²) in [6, 6.07) is 10.6. The van der Waals surface area contributed by atoms with Gasteiger partial charge in [-0.25, -0.2) is 9.78 Å². The number of urea groups is 1. The van der Waals surface area contributed by atoms with Gasteiger partial charge < -0.3 is 25.0 Å². The lowest BCUT2D eigenvalue weighted by Gasteiger charge is -2.37. The monoisotopic (exact) mass is 492 g/mol. The van der Waals surface area contributed by atoms with E-state index in [-0.39, 0.29) is 36.4 Å². The fourth-order valence-electron chi connectivity index (χ4n) is 4.69. The average Bonchev–Trinajstić information content (AvgIpc) is 2.91. The van der Waals surface area contributed by atoms with Gasteiger partial charge >= 0.3 is 6.03 Å². The molecule has 0 spiro atoms. The van der Waals surface area contributed by atoms with Crippen LogP contribution in [0.25, 0.3) is 5.57 Å². The van der Waals surface area contributed by atoms with Crippen LogP contribution in [0.3, 0.4) is 0 Å². The Morgan fingerprint density at radius 3 is 2.78 bits per heavy atom. The van der Waals surface area contributed by atoms with Crippen LogP contribution in [-0.4, -0.2) is 70.7 Å². The van der Waals surface area contributed by atoms with Gasteiger partial charge in [0.05, 0.1) is 19.2 Å². The Kier molecular flexibility index (Phi) is 8.25. The van der Waals surface area contributed by atoms with Gasteiger partial charge in [0.25, 0.3) is 5.91 Å². The SMILES string of the molecule is C[C@H](CO)N1C[C@H](C)[C@H](CN(C)C(=O)Nc2ccccc2)Oc2ncc(C3=CCCCC3)cc2C1=O. The number of aliphatic hydroxyl groups excluding tert-OH is 1. The average molecular weight is 493 g/mol. The summed E-state index contributed by atoms with van der Waals surface area (Å²) >= 11 is 0. The third-order valence-electron chi connectivity index (χ3n) is 7.01. The molecule has 0 bridgehead atoms. The molecule has 0 saturated carbocycles. The van der Waals surface area contributed by atoms with E-state index in [4.69, 9.17) is 4.74 Å². The van der Waals surface area contributed by atoms with E-state index in [1.54, 1.807) is 23.0 Å². The van der Waals surface area contributed by atoms with Crippen molar-refractivity contribution in [3.05, 3.63) is 59.8 Å². The maximum Gasteiger partial charge on any atom is 0.321 e. The number of ether oxygens (including phenoxy) is 1. The number of nitrogens with zero attached hydrogens (tertiary/aromatic N) is 3. The molecule has 36 heavy (non-hydrogen) atoms. The highest BCUT2D eigenvalue weighted by atomic mass is 16.5. The number of carbonyl (C=O) groups is 2. The molecule has 4 rings (SSSR count). The molecule has 2 aromatic rings. The second-order valence-electron chi connectivity index (χ2n) is 9.85. The van der Waals surface area contributed by atoms with Crippen LogP contribution in [0.2, 0.25) is 0 Å². The van der Waals surface area contributed by atoms with Crippen molar-refractivity contribution in [2.75, 3.05) is 32.1 Å². The fraction of sp³-hybridized carbons (Fsp3) is 0.464. The zero-order valence-electron chi connectivity index (χ0n) is 21.3. The van der Waals surface area contributed by atoms with Crippen molar-refractivity contribution in [1.29, 1.82) is 0 Å². The highest BCUT2D eigenvalue weighted by Crippen LogP contribution is 2.32. The number of para-hydroxylation sites is 1. The number of pyridine rings is 1. The first-order chi connectivity index (χ1) is 17.4. The number of nitrogens with one attached hydrogen (secondary N) is 1. The predicted molar refractivity (Wildman–Crippen MR) is 140 cm³/mol. The number of anilines is 1. The van der Waals surface area contributed by atoms with Crippen LogP contribution in [0.1, 0.15) is 55.5 Å². The molecule has 8 heteroatoms. The number of benzene rings is 1. The third kappa shape index (κ3) is 5.87. The van der Waals surface area contributed by atoms with Gasteiger partial charge in [0.2, 0.25) is 5.88 Å². The molecule has 1 aromatic carbocycles. The topological polar surface area (TPSA) is 95.0 Å². The number of rotatable bonds is 6. The maximum atomic E-state index is 13.6. The molecule has 2 aliphatic rings. The molecule has 1 aliphatic heterocycles. The van der Waals surface area contributed by atoms with E-state index in [9.17, 15) is 14.7 Å². The lowest BCUT2D eigenvalue weighted by atomic mass is 9.93. The summed E-state index contributed by atoms with van der Waals surface area (Å²) < 4.78 is 6.33. The summed E-state index contributed by atoms with van der Waals surface area (Å²) in [6.45, 7) is 4.39. The van der Waals surface area contributed by atoms with Crippen LogP contribution in [0.4, 0.5) is 10.5 Å². The van der Waals surface area contributed by atoms with Gasteiger partial charge in [-0.2, -0.15) is 0 Å². The molecule has 2 heterocycles. The highest BCUT2D eigenvalue weighted by molar-refractivity contribution is 5.97. The van der Waals surface area contributed by atoms with Crippen LogP contribution in [0.5, 0.6) is 5.88 Å². The molecule has 1 aromatic heterocycles. The first-order valence-corrected chi connectivity index (χ1v) is 12.7. The number of amides is 3. The summed E-state index contributed by atoms with van der Waals surface area (Å²) in [4.78, 5) is 34.3. The van der Waals surface area contributed by atoms with E-state index >= 15 is 0 Å². The van der Waals surface area contributed by atoms with Crippen molar-refractivity contribution in [3.63, 3.8) is 0 Å². The minimum Gasteiger partial charge on any atom is -0.472 e. The smallest absolute Gasteiger partial charge is 0.321 e. The number of hydrogen-bond donors (Lipinski definition) is 2. The summed E-state index contributed by atoms with van der Waals surface area (Å²) in [5.74, 6) is -0.0351. The first kappa shape index (κ1) is 25.7. The van der Waals surface area contributed by atoms with Gasteiger partial charge in [-0.15, -0.1) is 0 Å². The molecule has 8 nitrogen and oxygen atoms in total. The number of aromatic nitrogens is 1. The number of fused-ring (bicyclic) bond motifs is 1. The third-order valence-corrected chi connectivity index (χ3v) is 7.01. The summed E-state index contributed by atoms with van der Waals surface area (Å²) in [5.41, 5.74) is 3.25. The number of aliphatic hydroxyl groups is 1. The molecular formula is C28H36N4O4. The fourth-order valence-corrected chi connectivity index (χ4v) is 4.69. The molecule has 0 unspecified atom stereocenters. The lowest BCUT2D eigenvalue weighted by Crippen LogP contribution is -2.50. The van der Waals surface area contributed by atoms with Crippen LogP contribution in [0.15, 0.2) is 48.7 Å². The van der Waals surface area contributed by atoms with Gasteiger partial charge in [0.1, 0.15) is 11.7 Å². The molecule has 0 fully saturated rings. The van der Waals surface area contributed by atoms with Gasteiger partial charge in [0, 0.05) is 31.4 Å². The quantitative estimate of drug-likeness (QED) is 0.622. The van der Waals surface area contributed by atoms with E-state index in [0.717, 1.165) is 24.8 Å². The first-order valence-electron chi connectivity index (χ1n) is 12.7. The van der Waals surface area contributed by atoms with Crippen LogP contribution >= 0.6 is 0 Å². The standard InChI is InChI=1S/C28H36N4O4/c1-19-16-32(20(2)18-33)27(34)24-14-22(21-10-6-4-7-11-21)15-29-26(24)36-25(19)17-31(3)28(35)30-23-12-8-5-9-13-23/h5,8-10,12-15,19-20,25,33H,4,6-7,11,16-18H2,1-3H3,(H,30,35)/t19-,20+,25-/m0/s1. The molecule has 3 amide bonds. The molecule has 192 valence electrons. The van der Waals surface area contributed by atoms with Gasteiger partial charge in [-0.3, -0.25) is 4.79 Å². The van der Waals surface area contributed by atoms with Gasteiger partial charge in [0.15, 0.2) is 0 Å². The van der Waals surface area contributed by atoms with Crippen molar-refractivity contribution in [3.8, 4) is 5.88 Å². The van der Waals surface area contributed by atoms with Crippen molar-refractivity contribution in [2.24, 2.45) is 5.92 Å². The highest BCUT2D eigenvalue weighted by Gasteiger charge is 2.35. The Balaban J connectivity index is 1.61. The lowest BCUT2D eigenvalue weighted by molar-refractivity contribution is 0.0356. The summed E-state index contributed by atoms with van der Waals surface area (Å²) in [5, 5.41) is 12.8. The maximum absolute atomic E-state index is 13.6. The zero-order chi connectivity index (χ0) is 25.7. The van der Waals surface area contributed by atoms with E-state index in [1.165, 1.54) is 12.0 Å². The van der Waals surface area contributed by atoms with Crippen molar-refractivity contribution >= 4 is 23.2 Å². The Morgan fingerprint density at radius 1 is 1.31 bits per heavy atom. The Hall–Kier alpha value is -3.39. The molecule has 1 aliphatic carbocycles. The van der Waals surface area contributed by atoms with E-state index in [2.05, 4.69) is 16.4 Å². The van der Waals surface area contributed by atoms with Crippen LogP contribution < -0.4 is 10.1 Å². The minimum absolute atomic E-state index is 0.106. The second kappa shape index (κ2) is 11.6. The molecular weight excluding hydrogens is 456 g/mol. The van der Waals surface area contributed by atoms with Crippen LogP contribution in [0, 0.1) is 5.92 Å². The number of hydrogen-bond acceptors (Lipinski definition) is 5. The van der Waals surface area contributed by atoms with Crippen molar-refractivity contribution < 1.29 is 19.4 Å².